The van der Waals surface area contributed by atoms with Crippen molar-refractivity contribution >= 4 is 23.3 Å². The van der Waals surface area contributed by atoms with Gasteiger partial charge in [-0.25, -0.2) is 9.37 Å². The minimum atomic E-state index is -0.317. The predicted octanol–water partition coefficient (Wildman–Crippen LogP) is 3.73. The Labute approximate surface area is 155 Å². The van der Waals surface area contributed by atoms with Gasteiger partial charge in [0.05, 0.1) is 5.69 Å². The van der Waals surface area contributed by atoms with Crippen molar-refractivity contribution in [1.82, 2.24) is 19.6 Å². The fourth-order valence-corrected chi connectivity index (χ4v) is 3.42. The number of hydrogen-bond donors (Lipinski definition) is 1. The molecule has 0 bridgehead atoms. The van der Waals surface area contributed by atoms with Gasteiger partial charge in [-0.1, -0.05) is 11.6 Å². The zero-order valence-corrected chi connectivity index (χ0v) is 15.1. The molecular formula is C18H19ClFN5O. The molecule has 0 unspecified atom stereocenters. The summed E-state index contributed by atoms with van der Waals surface area (Å²) in [7, 11) is 0. The number of nitrogens with zero attached hydrogens (tertiary/aromatic N) is 4. The molecule has 0 amide bonds. The highest BCUT2D eigenvalue weighted by molar-refractivity contribution is 6.30. The fraction of sp³-hybridized carbons (Fsp3) is 0.389. The van der Waals surface area contributed by atoms with Crippen molar-refractivity contribution in [2.75, 3.05) is 18.5 Å². The molecule has 4 rings (SSSR count). The molecule has 0 saturated carbocycles. The van der Waals surface area contributed by atoms with Crippen molar-refractivity contribution in [2.24, 2.45) is 0 Å². The van der Waals surface area contributed by atoms with Crippen molar-refractivity contribution in [3.63, 3.8) is 0 Å². The van der Waals surface area contributed by atoms with Crippen LogP contribution in [0.2, 0.25) is 5.02 Å². The van der Waals surface area contributed by atoms with Crippen LogP contribution in [0.4, 0.5) is 10.3 Å². The molecule has 1 saturated heterocycles. The summed E-state index contributed by atoms with van der Waals surface area (Å²) in [6.45, 7) is 3.70. The zero-order chi connectivity index (χ0) is 18.1. The summed E-state index contributed by atoms with van der Waals surface area (Å²) < 4.78 is 21.1. The van der Waals surface area contributed by atoms with E-state index in [9.17, 15) is 4.39 Å². The minimum absolute atomic E-state index is 0.245. The van der Waals surface area contributed by atoms with Crippen LogP contribution in [0.3, 0.4) is 0 Å². The number of halogens is 2. The first-order chi connectivity index (χ1) is 12.6. The Bertz CT molecular complexity index is 939. The first-order valence-electron chi connectivity index (χ1n) is 8.60. The van der Waals surface area contributed by atoms with Gasteiger partial charge in [0.1, 0.15) is 5.82 Å². The smallest absolute Gasteiger partial charge is 0.254 e. The van der Waals surface area contributed by atoms with Crippen LogP contribution in [-0.4, -0.2) is 32.8 Å². The number of hydrogen-bond acceptors (Lipinski definition) is 5. The number of nitrogens with one attached hydrogen (secondary N) is 1. The molecule has 1 aromatic carbocycles. The van der Waals surface area contributed by atoms with Crippen LogP contribution in [0, 0.1) is 12.7 Å². The third kappa shape index (κ3) is 3.50. The van der Waals surface area contributed by atoms with E-state index < -0.39 is 0 Å². The molecule has 3 aromatic rings. The van der Waals surface area contributed by atoms with Crippen molar-refractivity contribution in [2.45, 2.75) is 32.2 Å². The largest absolute Gasteiger partial charge is 0.381 e. The molecule has 1 aliphatic heterocycles. The van der Waals surface area contributed by atoms with E-state index in [-0.39, 0.29) is 12.4 Å². The van der Waals surface area contributed by atoms with E-state index in [4.69, 9.17) is 16.3 Å². The molecule has 3 heterocycles. The third-order valence-electron chi connectivity index (χ3n) is 4.55. The van der Waals surface area contributed by atoms with Crippen molar-refractivity contribution < 1.29 is 9.13 Å². The number of aryl methyl sites for hydroxylation is 1. The maximum atomic E-state index is 13.9. The summed E-state index contributed by atoms with van der Waals surface area (Å²) in [4.78, 5) is 8.90. The Hall–Kier alpha value is -2.25. The molecule has 0 spiro atoms. The lowest BCUT2D eigenvalue weighted by atomic mass is 9.96. The quantitative estimate of drug-likeness (QED) is 0.752. The predicted molar refractivity (Wildman–Crippen MR) is 97.0 cm³/mol. The minimum Gasteiger partial charge on any atom is -0.381 e. The topological polar surface area (TPSA) is 64.3 Å². The summed E-state index contributed by atoms with van der Waals surface area (Å²) in [5, 5.41) is 8.08. The summed E-state index contributed by atoms with van der Waals surface area (Å²) in [6, 6.07) is 6.52. The van der Waals surface area contributed by atoms with Gasteiger partial charge in [-0.2, -0.15) is 9.50 Å². The van der Waals surface area contributed by atoms with Crippen molar-refractivity contribution in [3.8, 4) is 0 Å². The van der Waals surface area contributed by atoms with E-state index in [1.807, 2.05) is 6.92 Å². The number of rotatable bonds is 4. The van der Waals surface area contributed by atoms with E-state index in [0.717, 1.165) is 37.4 Å². The van der Waals surface area contributed by atoms with Gasteiger partial charge in [0.15, 0.2) is 0 Å². The van der Waals surface area contributed by atoms with E-state index >= 15 is 0 Å². The maximum Gasteiger partial charge on any atom is 0.254 e. The molecule has 1 aliphatic rings. The molecule has 26 heavy (non-hydrogen) atoms. The van der Waals surface area contributed by atoms with Crippen LogP contribution in [0.1, 0.15) is 35.7 Å². The van der Waals surface area contributed by atoms with E-state index in [1.165, 1.54) is 12.1 Å². The van der Waals surface area contributed by atoms with Crippen LogP contribution < -0.4 is 5.32 Å². The lowest BCUT2D eigenvalue weighted by Crippen LogP contribution is -2.17. The maximum absolute atomic E-state index is 13.9. The lowest BCUT2D eigenvalue weighted by Gasteiger charge is -2.22. The molecule has 0 radical (unpaired) electrons. The van der Waals surface area contributed by atoms with Gasteiger partial charge in [-0.05, 0) is 44.0 Å². The molecule has 0 aliphatic carbocycles. The highest BCUT2D eigenvalue weighted by atomic mass is 35.5. The van der Waals surface area contributed by atoms with Crippen molar-refractivity contribution in [3.05, 3.63) is 52.1 Å². The number of anilines is 1. The Morgan fingerprint density at radius 1 is 1.27 bits per heavy atom. The normalized spacial score (nSPS) is 15.5. The Morgan fingerprint density at radius 3 is 2.88 bits per heavy atom. The van der Waals surface area contributed by atoms with Crippen molar-refractivity contribution in [1.29, 1.82) is 0 Å². The molecule has 2 aromatic heterocycles. The zero-order valence-electron chi connectivity index (χ0n) is 14.4. The summed E-state index contributed by atoms with van der Waals surface area (Å²) in [5.41, 5.74) is 2.45. The van der Waals surface area contributed by atoms with E-state index in [1.54, 1.807) is 10.6 Å². The molecule has 8 heteroatoms. The molecule has 0 atom stereocenters. The van der Waals surface area contributed by atoms with Gasteiger partial charge in [-0.3, -0.25) is 0 Å². The van der Waals surface area contributed by atoms with Gasteiger partial charge < -0.3 is 10.1 Å². The van der Waals surface area contributed by atoms with Crippen LogP contribution in [-0.2, 0) is 11.3 Å². The second-order valence-electron chi connectivity index (χ2n) is 6.45. The number of aromatic nitrogens is 4. The molecule has 1 fully saturated rings. The summed E-state index contributed by atoms with van der Waals surface area (Å²) >= 11 is 5.94. The van der Waals surface area contributed by atoms with Crippen LogP contribution in [0.5, 0.6) is 0 Å². The monoisotopic (exact) mass is 375 g/mol. The summed E-state index contributed by atoms with van der Waals surface area (Å²) in [5.74, 6) is 1.01. The highest BCUT2D eigenvalue weighted by Crippen LogP contribution is 2.27. The van der Waals surface area contributed by atoms with Crippen LogP contribution >= 0.6 is 11.6 Å². The SMILES string of the molecule is Cc1cc(C2CCOCC2)n2nc(NCc3cc(Cl)ccc3F)nc2n1. The number of ether oxygens (including phenoxy) is 1. The fourth-order valence-electron chi connectivity index (χ4n) is 3.23. The third-order valence-corrected chi connectivity index (χ3v) is 4.79. The molecular weight excluding hydrogens is 357 g/mol. The summed E-state index contributed by atoms with van der Waals surface area (Å²) in [6.07, 6.45) is 1.91. The second-order valence-corrected chi connectivity index (χ2v) is 6.88. The van der Waals surface area contributed by atoms with Gasteiger partial charge in [-0.15, -0.1) is 5.10 Å². The average molecular weight is 376 g/mol. The van der Waals surface area contributed by atoms with Crippen LogP contribution in [0.25, 0.3) is 5.78 Å². The molecule has 136 valence electrons. The Kier molecular flexibility index (Phi) is 4.74. The van der Waals surface area contributed by atoms with Crippen LogP contribution in [0.15, 0.2) is 24.3 Å². The standard InChI is InChI=1S/C18H19ClFN5O/c1-11-8-16(12-4-6-26-7-5-12)25-18(22-11)23-17(24-25)21-10-13-9-14(19)2-3-15(13)20/h2-3,8-9,12H,4-7,10H2,1H3,(H,21,24). The van der Waals surface area contributed by atoms with Gasteiger partial charge in [0, 0.05) is 42.0 Å². The van der Waals surface area contributed by atoms with Gasteiger partial charge >= 0.3 is 0 Å². The molecule has 6 nitrogen and oxygen atoms in total. The Balaban J connectivity index is 1.61. The Morgan fingerprint density at radius 2 is 2.08 bits per heavy atom. The van der Waals surface area contributed by atoms with Gasteiger partial charge in [0.25, 0.3) is 5.78 Å². The number of fused-ring (bicyclic) bond motifs is 1. The molecule has 1 N–H and O–H groups in total. The van der Waals surface area contributed by atoms with Gasteiger partial charge in [0.2, 0.25) is 5.95 Å². The second kappa shape index (κ2) is 7.17. The van der Waals surface area contributed by atoms with E-state index in [2.05, 4.69) is 26.4 Å². The number of benzene rings is 1. The average Bonchev–Trinajstić information content (AvgIpc) is 3.05. The highest BCUT2D eigenvalue weighted by Gasteiger charge is 2.21. The van der Waals surface area contributed by atoms with E-state index in [0.29, 0.717) is 28.2 Å². The first kappa shape index (κ1) is 17.2. The lowest BCUT2D eigenvalue weighted by molar-refractivity contribution is 0.0840. The first-order valence-corrected chi connectivity index (χ1v) is 8.98.